The minimum Gasteiger partial charge on any atom is -0.361 e. The number of aromatic nitrogens is 2. The third kappa shape index (κ3) is 2.09. The maximum atomic E-state index is 12.3. The summed E-state index contributed by atoms with van der Waals surface area (Å²) in [6, 6.07) is 10.5. The molecule has 0 saturated carbocycles. The summed E-state index contributed by atoms with van der Waals surface area (Å²) < 4.78 is 1.42. The highest BCUT2D eigenvalue weighted by molar-refractivity contribution is 6.11. The second-order valence-corrected chi connectivity index (χ2v) is 4.57. The van der Waals surface area contributed by atoms with Crippen LogP contribution in [0.2, 0.25) is 0 Å². The smallest absolute Gasteiger partial charge is 0.257 e. The Morgan fingerprint density at radius 2 is 2.05 bits per heavy atom. The summed E-state index contributed by atoms with van der Waals surface area (Å²) in [4.78, 5) is 26.7. The molecule has 20 heavy (non-hydrogen) atoms. The zero-order chi connectivity index (χ0) is 14.1. The number of nitrogens with one attached hydrogen (secondary N) is 2. The van der Waals surface area contributed by atoms with Crippen molar-refractivity contribution in [1.29, 1.82) is 0 Å². The monoisotopic (exact) mass is 267 g/mol. The average molecular weight is 267 g/mol. The molecule has 3 aromatic rings. The van der Waals surface area contributed by atoms with Gasteiger partial charge in [-0.2, -0.15) is 0 Å². The highest BCUT2D eigenvalue weighted by atomic mass is 16.1. The third-order valence-corrected chi connectivity index (χ3v) is 3.18. The quantitative estimate of drug-likeness (QED) is 0.746. The standard InChI is InChI=1S/C15H13N3O2/c1-18-9-11(5-6-13(18)19)17-15(20)12-4-2-3-10-7-8-16-14(10)12/h2-9,16H,1H3,(H,17,20). The minimum absolute atomic E-state index is 0.116. The average Bonchev–Trinajstić information content (AvgIpc) is 2.91. The number of amides is 1. The summed E-state index contributed by atoms with van der Waals surface area (Å²) in [5, 5.41) is 3.77. The molecular formula is C15H13N3O2. The van der Waals surface area contributed by atoms with E-state index in [1.807, 2.05) is 18.2 Å². The Balaban J connectivity index is 1.95. The number of fused-ring (bicyclic) bond motifs is 1. The van der Waals surface area contributed by atoms with E-state index in [1.54, 1.807) is 31.6 Å². The van der Waals surface area contributed by atoms with Gasteiger partial charge in [-0.05, 0) is 18.2 Å². The van der Waals surface area contributed by atoms with Gasteiger partial charge in [-0.3, -0.25) is 9.59 Å². The van der Waals surface area contributed by atoms with Crippen LogP contribution in [0, 0.1) is 0 Å². The lowest BCUT2D eigenvalue weighted by atomic mass is 10.1. The molecule has 3 rings (SSSR count). The van der Waals surface area contributed by atoms with Gasteiger partial charge < -0.3 is 14.9 Å². The van der Waals surface area contributed by atoms with E-state index in [0.29, 0.717) is 11.3 Å². The van der Waals surface area contributed by atoms with E-state index in [1.165, 1.54) is 10.6 Å². The van der Waals surface area contributed by atoms with E-state index in [9.17, 15) is 9.59 Å². The number of hydrogen-bond acceptors (Lipinski definition) is 2. The number of aryl methyl sites for hydroxylation is 1. The van der Waals surface area contributed by atoms with Gasteiger partial charge in [0, 0.05) is 30.9 Å². The molecule has 2 heterocycles. The molecule has 1 amide bonds. The number of hydrogen-bond donors (Lipinski definition) is 2. The second-order valence-electron chi connectivity index (χ2n) is 4.57. The summed E-state index contributed by atoms with van der Waals surface area (Å²) in [6.07, 6.45) is 3.39. The molecule has 0 saturated heterocycles. The second kappa shape index (κ2) is 4.70. The Labute approximate surface area is 114 Å². The van der Waals surface area contributed by atoms with E-state index < -0.39 is 0 Å². The Morgan fingerprint density at radius 1 is 1.20 bits per heavy atom. The molecule has 0 aliphatic carbocycles. The van der Waals surface area contributed by atoms with Crippen LogP contribution in [0.5, 0.6) is 0 Å². The summed E-state index contributed by atoms with van der Waals surface area (Å²) >= 11 is 0. The van der Waals surface area contributed by atoms with E-state index in [0.717, 1.165) is 10.9 Å². The zero-order valence-corrected chi connectivity index (χ0v) is 10.9. The number of H-pyrrole nitrogens is 1. The van der Waals surface area contributed by atoms with E-state index in [-0.39, 0.29) is 11.5 Å². The molecule has 0 aliphatic heterocycles. The molecule has 5 nitrogen and oxygen atoms in total. The number of nitrogens with zero attached hydrogens (tertiary/aromatic N) is 1. The van der Waals surface area contributed by atoms with Crippen LogP contribution in [-0.2, 0) is 7.05 Å². The van der Waals surface area contributed by atoms with Crippen molar-refractivity contribution >= 4 is 22.5 Å². The number of anilines is 1. The van der Waals surface area contributed by atoms with Gasteiger partial charge in [0.05, 0.1) is 16.8 Å². The molecule has 5 heteroatoms. The Kier molecular flexibility index (Phi) is 2.87. The number of aromatic amines is 1. The molecular weight excluding hydrogens is 254 g/mol. The van der Waals surface area contributed by atoms with Crippen molar-refractivity contribution in [3.8, 4) is 0 Å². The molecule has 0 radical (unpaired) electrons. The van der Waals surface area contributed by atoms with Crippen LogP contribution in [0.4, 0.5) is 5.69 Å². The maximum Gasteiger partial charge on any atom is 0.257 e. The van der Waals surface area contributed by atoms with Crippen molar-refractivity contribution in [1.82, 2.24) is 9.55 Å². The predicted molar refractivity (Wildman–Crippen MR) is 77.9 cm³/mol. The van der Waals surface area contributed by atoms with Crippen molar-refractivity contribution in [2.75, 3.05) is 5.32 Å². The van der Waals surface area contributed by atoms with Crippen LogP contribution in [0.25, 0.3) is 10.9 Å². The molecule has 0 spiro atoms. The molecule has 0 bridgehead atoms. The van der Waals surface area contributed by atoms with Gasteiger partial charge in [-0.25, -0.2) is 0 Å². The number of carbonyl (C=O) groups excluding carboxylic acids is 1. The van der Waals surface area contributed by atoms with Crippen LogP contribution in [0.1, 0.15) is 10.4 Å². The van der Waals surface area contributed by atoms with Gasteiger partial charge >= 0.3 is 0 Å². The first kappa shape index (κ1) is 12.2. The summed E-state index contributed by atoms with van der Waals surface area (Å²) in [7, 11) is 1.64. The molecule has 0 aliphatic rings. The highest BCUT2D eigenvalue weighted by Gasteiger charge is 2.11. The van der Waals surface area contributed by atoms with Crippen LogP contribution in [-0.4, -0.2) is 15.5 Å². The lowest BCUT2D eigenvalue weighted by Crippen LogP contribution is -2.18. The number of benzene rings is 1. The van der Waals surface area contributed by atoms with Crippen molar-refractivity contribution < 1.29 is 4.79 Å². The molecule has 100 valence electrons. The first-order valence-corrected chi connectivity index (χ1v) is 6.19. The topological polar surface area (TPSA) is 66.9 Å². The largest absolute Gasteiger partial charge is 0.361 e. The van der Waals surface area contributed by atoms with Crippen LogP contribution in [0.3, 0.4) is 0 Å². The summed E-state index contributed by atoms with van der Waals surface area (Å²) in [6.45, 7) is 0. The normalized spacial score (nSPS) is 10.7. The van der Waals surface area contributed by atoms with Crippen molar-refractivity contribution in [3.63, 3.8) is 0 Å². The van der Waals surface area contributed by atoms with Gasteiger partial charge in [-0.1, -0.05) is 12.1 Å². The van der Waals surface area contributed by atoms with Gasteiger partial charge in [0.2, 0.25) is 5.56 Å². The number of carbonyl (C=O) groups is 1. The minimum atomic E-state index is -0.211. The molecule has 2 aromatic heterocycles. The molecule has 0 unspecified atom stereocenters. The van der Waals surface area contributed by atoms with Crippen molar-refractivity contribution in [3.05, 3.63) is 64.7 Å². The summed E-state index contributed by atoms with van der Waals surface area (Å²) in [5.41, 5.74) is 1.84. The molecule has 1 aromatic carbocycles. The van der Waals surface area contributed by atoms with Crippen molar-refractivity contribution in [2.24, 2.45) is 7.05 Å². The zero-order valence-electron chi connectivity index (χ0n) is 10.9. The van der Waals surface area contributed by atoms with Gasteiger partial charge in [0.15, 0.2) is 0 Å². The van der Waals surface area contributed by atoms with Crippen LogP contribution < -0.4 is 10.9 Å². The fourth-order valence-corrected chi connectivity index (χ4v) is 2.14. The fraction of sp³-hybridized carbons (Fsp3) is 0.0667. The third-order valence-electron chi connectivity index (χ3n) is 3.18. The maximum absolute atomic E-state index is 12.3. The van der Waals surface area contributed by atoms with Gasteiger partial charge in [0.1, 0.15) is 0 Å². The number of para-hydroxylation sites is 1. The Bertz CT molecular complexity index is 845. The van der Waals surface area contributed by atoms with Crippen molar-refractivity contribution in [2.45, 2.75) is 0 Å². The van der Waals surface area contributed by atoms with Crippen LogP contribution in [0.15, 0.2) is 53.6 Å². The highest BCUT2D eigenvalue weighted by Crippen LogP contribution is 2.18. The molecule has 0 fully saturated rings. The fourth-order valence-electron chi connectivity index (χ4n) is 2.14. The molecule has 2 N–H and O–H groups in total. The Morgan fingerprint density at radius 3 is 2.85 bits per heavy atom. The Hall–Kier alpha value is -2.82. The van der Waals surface area contributed by atoms with Gasteiger partial charge in [0.25, 0.3) is 5.91 Å². The SMILES string of the molecule is Cn1cc(NC(=O)c2cccc3cc[nH]c23)ccc1=O. The molecule has 0 atom stereocenters. The predicted octanol–water partition coefficient (Wildman–Crippen LogP) is 2.12. The number of pyridine rings is 1. The first-order valence-electron chi connectivity index (χ1n) is 6.19. The first-order chi connectivity index (χ1) is 9.65. The summed E-state index contributed by atoms with van der Waals surface area (Å²) in [5.74, 6) is -0.211. The number of rotatable bonds is 2. The van der Waals surface area contributed by atoms with E-state index in [2.05, 4.69) is 10.3 Å². The lowest BCUT2D eigenvalue weighted by Gasteiger charge is -2.07. The van der Waals surface area contributed by atoms with Crippen LogP contribution >= 0.6 is 0 Å². The van der Waals surface area contributed by atoms with Gasteiger partial charge in [-0.15, -0.1) is 0 Å². The lowest BCUT2D eigenvalue weighted by molar-refractivity contribution is 0.102. The van der Waals surface area contributed by atoms with E-state index in [4.69, 9.17) is 0 Å². The van der Waals surface area contributed by atoms with E-state index >= 15 is 0 Å².